The molecule has 0 radical (unpaired) electrons. The fourth-order valence-corrected chi connectivity index (χ4v) is 3.22. The van der Waals surface area contributed by atoms with E-state index in [0.29, 0.717) is 0 Å². The summed E-state index contributed by atoms with van der Waals surface area (Å²) in [7, 11) is 0. The predicted octanol–water partition coefficient (Wildman–Crippen LogP) is 1.99. The predicted molar refractivity (Wildman–Crippen MR) is 72.7 cm³/mol. The first-order valence-electron chi connectivity index (χ1n) is 6.38. The standard InChI is InChI=1S/C12H17N5S/c1-3-6-16-7-4-10(5-8-16)11-15-17-9(2)13-14-12(17)18-11/h4H,3,5-8H2,1-2H3. The molecule has 0 atom stereocenters. The largest absolute Gasteiger partial charge is 0.299 e. The van der Waals surface area contributed by atoms with E-state index in [4.69, 9.17) is 0 Å². The summed E-state index contributed by atoms with van der Waals surface area (Å²) < 4.78 is 1.83. The number of aromatic nitrogens is 4. The van der Waals surface area contributed by atoms with Gasteiger partial charge in [0.25, 0.3) is 0 Å². The maximum atomic E-state index is 4.59. The molecule has 6 heteroatoms. The van der Waals surface area contributed by atoms with Crippen molar-refractivity contribution in [1.29, 1.82) is 0 Å². The summed E-state index contributed by atoms with van der Waals surface area (Å²) in [5, 5.41) is 13.8. The van der Waals surface area contributed by atoms with Crippen LogP contribution >= 0.6 is 11.3 Å². The van der Waals surface area contributed by atoms with Gasteiger partial charge >= 0.3 is 0 Å². The van der Waals surface area contributed by atoms with Crippen molar-refractivity contribution in [2.24, 2.45) is 0 Å². The van der Waals surface area contributed by atoms with Crippen molar-refractivity contribution >= 4 is 21.9 Å². The van der Waals surface area contributed by atoms with Crippen molar-refractivity contribution in [3.05, 3.63) is 16.9 Å². The Labute approximate surface area is 110 Å². The fraction of sp³-hybridized carbons (Fsp3) is 0.583. The molecule has 0 saturated carbocycles. The molecule has 96 valence electrons. The number of hydrogen-bond acceptors (Lipinski definition) is 5. The summed E-state index contributed by atoms with van der Waals surface area (Å²) in [5.74, 6) is 0.858. The molecule has 0 aliphatic carbocycles. The van der Waals surface area contributed by atoms with E-state index < -0.39 is 0 Å². The molecule has 0 aromatic carbocycles. The monoisotopic (exact) mass is 263 g/mol. The highest BCUT2D eigenvalue weighted by Gasteiger charge is 2.16. The topological polar surface area (TPSA) is 46.3 Å². The molecule has 5 nitrogen and oxygen atoms in total. The maximum Gasteiger partial charge on any atom is 0.234 e. The molecule has 0 fully saturated rings. The molecule has 0 amide bonds. The number of fused-ring (bicyclic) bond motifs is 1. The third kappa shape index (κ3) is 2.06. The van der Waals surface area contributed by atoms with Gasteiger partial charge < -0.3 is 0 Å². The molecule has 0 unspecified atom stereocenters. The highest BCUT2D eigenvalue weighted by molar-refractivity contribution is 7.17. The van der Waals surface area contributed by atoms with E-state index in [2.05, 4.69) is 33.2 Å². The van der Waals surface area contributed by atoms with E-state index in [1.54, 1.807) is 11.3 Å². The molecule has 0 spiro atoms. The molecule has 2 aromatic rings. The van der Waals surface area contributed by atoms with Gasteiger partial charge in [-0.1, -0.05) is 24.3 Å². The lowest BCUT2D eigenvalue weighted by Crippen LogP contribution is -2.29. The van der Waals surface area contributed by atoms with Gasteiger partial charge in [0.1, 0.15) is 5.01 Å². The first-order valence-corrected chi connectivity index (χ1v) is 7.20. The van der Waals surface area contributed by atoms with Gasteiger partial charge in [0.15, 0.2) is 5.82 Å². The van der Waals surface area contributed by atoms with Crippen LogP contribution in [0.15, 0.2) is 6.08 Å². The lowest BCUT2D eigenvalue weighted by atomic mass is 10.1. The fourth-order valence-electron chi connectivity index (χ4n) is 2.27. The van der Waals surface area contributed by atoms with Crippen LogP contribution in [0.2, 0.25) is 0 Å². The minimum absolute atomic E-state index is 0.858. The Morgan fingerprint density at radius 1 is 1.39 bits per heavy atom. The average Bonchev–Trinajstić information content (AvgIpc) is 2.94. The second-order valence-electron chi connectivity index (χ2n) is 4.63. The first kappa shape index (κ1) is 11.8. The van der Waals surface area contributed by atoms with E-state index >= 15 is 0 Å². The van der Waals surface area contributed by atoms with Gasteiger partial charge in [-0.3, -0.25) is 4.90 Å². The van der Waals surface area contributed by atoms with Crippen LogP contribution in [0.5, 0.6) is 0 Å². The molecule has 0 bridgehead atoms. The van der Waals surface area contributed by atoms with Gasteiger partial charge in [-0.25, -0.2) is 0 Å². The molecule has 0 saturated heterocycles. The number of rotatable bonds is 3. The average molecular weight is 263 g/mol. The van der Waals surface area contributed by atoms with Crippen molar-refractivity contribution < 1.29 is 0 Å². The maximum absolute atomic E-state index is 4.59. The van der Waals surface area contributed by atoms with Crippen LogP contribution in [0.4, 0.5) is 0 Å². The van der Waals surface area contributed by atoms with E-state index in [-0.39, 0.29) is 0 Å². The highest BCUT2D eigenvalue weighted by atomic mass is 32.1. The van der Waals surface area contributed by atoms with Crippen LogP contribution in [-0.4, -0.2) is 44.3 Å². The van der Waals surface area contributed by atoms with Crippen LogP contribution in [0.1, 0.15) is 30.6 Å². The molecule has 2 aromatic heterocycles. The van der Waals surface area contributed by atoms with Crippen LogP contribution in [0.25, 0.3) is 10.5 Å². The molecule has 1 aliphatic heterocycles. The third-order valence-electron chi connectivity index (χ3n) is 3.25. The van der Waals surface area contributed by atoms with Gasteiger partial charge in [-0.2, -0.15) is 9.61 Å². The Bertz CT molecular complexity index is 582. The van der Waals surface area contributed by atoms with Crippen molar-refractivity contribution in [2.45, 2.75) is 26.7 Å². The Balaban J connectivity index is 1.82. The van der Waals surface area contributed by atoms with Crippen molar-refractivity contribution in [3.63, 3.8) is 0 Å². The molecule has 3 rings (SSSR count). The van der Waals surface area contributed by atoms with Gasteiger partial charge in [-0.15, -0.1) is 10.2 Å². The van der Waals surface area contributed by atoms with Crippen LogP contribution in [-0.2, 0) is 0 Å². The van der Waals surface area contributed by atoms with Crippen molar-refractivity contribution in [2.75, 3.05) is 19.6 Å². The number of nitrogens with zero attached hydrogens (tertiary/aromatic N) is 5. The van der Waals surface area contributed by atoms with E-state index in [0.717, 1.165) is 35.3 Å². The third-order valence-corrected chi connectivity index (χ3v) is 4.23. The van der Waals surface area contributed by atoms with Crippen molar-refractivity contribution in [3.8, 4) is 0 Å². The van der Waals surface area contributed by atoms with Gasteiger partial charge in [-0.05, 0) is 31.9 Å². The summed E-state index contributed by atoms with van der Waals surface area (Å²) in [4.78, 5) is 3.37. The summed E-state index contributed by atoms with van der Waals surface area (Å²) in [6.45, 7) is 7.53. The van der Waals surface area contributed by atoms with Gasteiger partial charge in [0.05, 0.1) is 0 Å². The molecular weight excluding hydrogens is 246 g/mol. The molecule has 18 heavy (non-hydrogen) atoms. The Hall–Kier alpha value is -1.27. The summed E-state index contributed by atoms with van der Waals surface area (Å²) >= 11 is 1.63. The van der Waals surface area contributed by atoms with E-state index in [1.165, 1.54) is 18.5 Å². The second kappa shape index (κ2) is 4.78. The Kier molecular flexibility index (Phi) is 3.13. The minimum Gasteiger partial charge on any atom is -0.299 e. The zero-order chi connectivity index (χ0) is 12.5. The summed E-state index contributed by atoms with van der Waals surface area (Å²) in [5.41, 5.74) is 1.36. The highest BCUT2D eigenvalue weighted by Crippen LogP contribution is 2.26. The number of aryl methyl sites for hydroxylation is 1. The Morgan fingerprint density at radius 2 is 2.28 bits per heavy atom. The minimum atomic E-state index is 0.858. The van der Waals surface area contributed by atoms with Crippen molar-refractivity contribution in [1.82, 2.24) is 24.7 Å². The second-order valence-corrected chi connectivity index (χ2v) is 5.58. The zero-order valence-electron chi connectivity index (χ0n) is 10.8. The van der Waals surface area contributed by atoms with Gasteiger partial charge in [0, 0.05) is 13.1 Å². The van der Waals surface area contributed by atoms with Crippen LogP contribution < -0.4 is 0 Å². The molecule has 1 aliphatic rings. The Morgan fingerprint density at radius 3 is 2.94 bits per heavy atom. The van der Waals surface area contributed by atoms with Crippen LogP contribution in [0.3, 0.4) is 0 Å². The summed E-state index contributed by atoms with van der Waals surface area (Å²) in [6.07, 6.45) is 4.61. The number of hydrogen-bond donors (Lipinski definition) is 0. The zero-order valence-corrected chi connectivity index (χ0v) is 11.6. The SMILES string of the molecule is CCCN1CC=C(c2nn3c(C)nnc3s2)CC1. The van der Waals surface area contributed by atoms with Gasteiger partial charge in [0.2, 0.25) is 4.96 Å². The quantitative estimate of drug-likeness (QED) is 0.849. The molecule has 0 N–H and O–H groups in total. The van der Waals surface area contributed by atoms with E-state index in [1.807, 2.05) is 11.4 Å². The van der Waals surface area contributed by atoms with E-state index in [9.17, 15) is 0 Å². The normalized spacial score (nSPS) is 17.3. The lowest BCUT2D eigenvalue weighted by molar-refractivity contribution is 0.302. The molecular formula is C12H17N5S. The lowest BCUT2D eigenvalue weighted by Gasteiger charge is -2.24. The summed E-state index contributed by atoms with van der Waals surface area (Å²) in [6, 6.07) is 0. The smallest absolute Gasteiger partial charge is 0.234 e. The first-order chi connectivity index (χ1) is 8.78. The van der Waals surface area contributed by atoms with Crippen LogP contribution in [0, 0.1) is 6.92 Å². The molecule has 3 heterocycles.